The van der Waals surface area contributed by atoms with Crippen LogP contribution in [-0.2, 0) is 17.9 Å². The van der Waals surface area contributed by atoms with Crippen molar-refractivity contribution in [2.75, 3.05) is 0 Å². The van der Waals surface area contributed by atoms with Crippen molar-refractivity contribution in [3.8, 4) is 0 Å². The van der Waals surface area contributed by atoms with Gasteiger partial charge in [0.25, 0.3) is 5.56 Å². The molecular formula is C22H20FN3O2S. The van der Waals surface area contributed by atoms with Crippen LogP contribution >= 0.6 is 11.3 Å². The van der Waals surface area contributed by atoms with Gasteiger partial charge in [0.15, 0.2) is 0 Å². The number of carbonyl (C=O) groups excluding carboxylic acids is 1. The molecule has 2 aromatic carbocycles. The average Bonchev–Trinajstić information content (AvgIpc) is 3.11. The van der Waals surface area contributed by atoms with Gasteiger partial charge in [-0.2, -0.15) is 5.10 Å². The molecule has 0 aliphatic rings. The monoisotopic (exact) mass is 409 g/mol. The topological polar surface area (TPSA) is 64.0 Å². The van der Waals surface area contributed by atoms with Crippen LogP contribution < -0.4 is 10.9 Å². The zero-order valence-corrected chi connectivity index (χ0v) is 16.8. The van der Waals surface area contributed by atoms with Crippen LogP contribution in [0, 0.1) is 12.7 Å². The van der Waals surface area contributed by atoms with Crippen molar-refractivity contribution in [1.29, 1.82) is 0 Å². The van der Waals surface area contributed by atoms with Gasteiger partial charge in [0.2, 0.25) is 5.91 Å². The number of halogens is 1. The molecule has 2 heterocycles. The van der Waals surface area contributed by atoms with E-state index in [1.807, 2.05) is 31.2 Å². The number of nitrogens with zero attached hydrogens (tertiary/aromatic N) is 2. The minimum absolute atomic E-state index is 0.130. The van der Waals surface area contributed by atoms with Gasteiger partial charge in [0.1, 0.15) is 5.82 Å². The van der Waals surface area contributed by atoms with E-state index in [9.17, 15) is 14.0 Å². The molecule has 0 saturated carbocycles. The van der Waals surface area contributed by atoms with E-state index in [0.717, 1.165) is 20.5 Å². The van der Waals surface area contributed by atoms with Gasteiger partial charge in [0, 0.05) is 35.2 Å². The number of fused-ring (bicyclic) bond motifs is 3. The molecule has 5 nitrogen and oxygen atoms in total. The highest BCUT2D eigenvalue weighted by Gasteiger charge is 2.14. The number of aryl methyl sites for hydroxylation is 2. The van der Waals surface area contributed by atoms with E-state index >= 15 is 0 Å². The lowest BCUT2D eigenvalue weighted by molar-refractivity contribution is -0.121. The number of thiophene rings is 1. The van der Waals surface area contributed by atoms with Gasteiger partial charge in [-0.3, -0.25) is 9.59 Å². The fourth-order valence-corrected chi connectivity index (χ4v) is 4.51. The Morgan fingerprint density at radius 3 is 2.76 bits per heavy atom. The van der Waals surface area contributed by atoms with Gasteiger partial charge in [-0.05, 0) is 25.5 Å². The van der Waals surface area contributed by atoms with Gasteiger partial charge < -0.3 is 5.32 Å². The van der Waals surface area contributed by atoms with Crippen molar-refractivity contribution < 1.29 is 9.18 Å². The summed E-state index contributed by atoms with van der Waals surface area (Å²) in [7, 11) is 0. The Morgan fingerprint density at radius 1 is 1.17 bits per heavy atom. The molecule has 148 valence electrons. The predicted molar refractivity (Wildman–Crippen MR) is 114 cm³/mol. The molecule has 0 radical (unpaired) electrons. The molecule has 7 heteroatoms. The third-order valence-electron chi connectivity index (χ3n) is 4.85. The Kier molecular flexibility index (Phi) is 5.40. The summed E-state index contributed by atoms with van der Waals surface area (Å²) in [6.07, 6.45) is 0.715. The van der Waals surface area contributed by atoms with E-state index in [0.29, 0.717) is 23.9 Å². The van der Waals surface area contributed by atoms with Crippen molar-refractivity contribution >= 4 is 37.4 Å². The van der Waals surface area contributed by atoms with Gasteiger partial charge in [-0.1, -0.05) is 36.4 Å². The number of rotatable bonds is 6. The van der Waals surface area contributed by atoms with Crippen molar-refractivity contribution in [3.05, 3.63) is 76.0 Å². The van der Waals surface area contributed by atoms with Gasteiger partial charge in [-0.25, -0.2) is 9.07 Å². The standard InChI is InChI=1S/C22H20FN3O2S/c1-14-21-20(16-8-3-5-10-18(16)29-21)22(28)26(25-14)12-6-11-19(27)24-13-15-7-2-4-9-17(15)23/h2-5,7-10H,6,11-13H2,1H3,(H,24,27). The summed E-state index contributed by atoms with van der Waals surface area (Å²) in [4.78, 5) is 25.0. The highest BCUT2D eigenvalue weighted by Crippen LogP contribution is 2.32. The van der Waals surface area contributed by atoms with Crippen molar-refractivity contribution in [1.82, 2.24) is 15.1 Å². The third kappa shape index (κ3) is 3.91. The van der Waals surface area contributed by atoms with Crippen LogP contribution in [0.2, 0.25) is 0 Å². The van der Waals surface area contributed by atoms with Crippen LogP contribution in [0.15, 0.2) is 53.3 Å². The summed E-state index contributed by atoms with van der Waals surface area (Å²) in [5.41, 5.74) is 1.13. The lowest BCUT2D eigenvalue weighted by Gasteiger charge is -2.08. The Hall–Kier alpha value is -3.06. The number of carbonyl (C=O) groups is 1. The summed E-state index contributed by atoms with van der Waals surface area (Å²) in [5.74, 6) is -0.518. The number of hydrogen-bond acceptors (Lipinski definition) is 4. The first-order valence-corrected chi connectivity index (χ1v) is 10.3. The number of benzene rings is 2. The van der Waals surface area contributed by atoms with E-state index in [2.05, 4.69) is 10.4 Å². The Balaban J connectivity index is 1.44. The number of hydrogen-bond donors (Lipinski definition) is 1. The fourth-order valence-electron chi connectivity index (χ4n) is 3.38. The van der Waals surface area contributed by atoms with Gasteiger partial charge in [-0.15, -0.1) is 11.3 Å². The Labute approximate surface area is 170 Å². The molecule has 1 amide bonds. The molecule has 4 rings (SSSR count). The third-order valence-corrected chi connectivity index (χ3v) is 6.13. The average molecular weight is 409 g/mol. The Bertz CT molecular complexity index is 1260. The first kappa shape index (κ1) is 19.3. The maximum Gasteiger partial charge on any atom is 0.276 e. The number of aromatic nitrogens is 2. The van der Waals surface area contributed by atoms with Crippen LogP contribution in [0.4, 0.5) is 4.39 Å². The molecule has 1 N–H and O–H groups in total. The van der Waals surface area contributed by atoms with E-state index in [4.69, 9.17) is 0 Å². The fraction of sp³-hybridized carbons (Fsp3) is 0.227. The summed E-state index contributed by atoms with van der Waals surface area (Å²) < 4.78 is 17.0. The van der Waals surface area contributed by atoms with E-state index < -0.39 is 0 Å². The second-order valence-electron chi connectivity index (χ2n) is 6.89. The second-order valence-corrected chi connectivity index (χ2v) is 7.94. The zero-order chi connectivity index (χ0) is 20.4. The van der Waals surface area contributed by atoms with E-state index in [1.165, 1.54) is 10.7 Å². The van der Waals surface area contributed by atoms with E-state index in [1.54, 1.807) is 29.5 Å². The van der Waals surface area contributed by atoms with Crippen LogP contribution in [0.3, 0.4) is 0 Å². The van der Waals surface area contributed by atoms with Crippen LogP contribution in [0.1, 0.15) is 24.1 Å². The maximum atomic E-state index is 13.6. The largest absolute Gasteiger partial charge is 0.352 e. The molecule has 0 fully saturated rings. The molecule has 0 aliphatic heterocycles. The zero-order valence-electron chi connectivity index (χ0n) is 15.9. The number of nitrogens with one attached hydrogen (secondary N) is 1. The predicted octanol–water partition coefficient (Wildman–Crippen LogP) is 4.16. The van der Waals surface area contributed by atoms with E-state index in [-0.39, 0.29) is 30.2 Å². The van der Waals surface area contributed by atoms with Crippen LogP contribution in [0.25, 0.3) is 20.2 Å². The SMILES string of the molecule is Cc1nn(CCCC(=O)NCc2ccccc2F)c(=O)c2c1sc1ccccc12. The number of amides is 1. The lowest BCUT2D eigenvalue weighted by Crippen LogP contribution is -2.26. The summed E-state index contributed by atoms with van der Waals surface area (Å²) in [6.45, 7) is 2.40. The lowest BCUT2D eigenvalue weighted by atomic mass is 10.2. The van der Waals surface area contributed by atoms with Gasteiger partial charge in [0.05, 0.1) is 15.8 Å². The molecule has 29 heavy (non-hydrogen) atoms. The highest BCUT2D eigenvalue weighted by atomic mass is 32.1. The quantitative estimate of drug-likeness (QED) is 0.520. The maximum absolute atomic E-state index is 13.6. The normalized spacial score (nSPS) is 11.2. The molecular weight excluding hydrogens is 389 g/mol. The summed E-state index contributed by atoms with van der Waals surface area (Å²) >= 11 is 1.57. The van der Waals surface area contributed by atoms with Crippen molar-refractivity contribution in [3.63, 3.8) is 0 Å². The molecule has 2 aromatic heterocycles. The summed E-state index contributed by atoms with van der Waals surface area (Å²) in [6, 6.07) is 14.2. The molecule has 0 bridgehead atoms. The second kappa shape index (κ2) is 8.13. The molecule has 0 saturated heterocycles. The summed E-state index contributed by atoms with van der Waals surface area (Å²) in [5, 5.41) is 8.79. The molecule has 0 atom stereocenters. The van der Waals surface area contributed by atoms with Crippen LogP contribution in [-0.4, -0.2) is 15.7 Å². The minimum Gasteiger partial charge on any atom is -0.352 e. The smallest absolute Gasteiger partial charge is 0.276 e. The molecule has 4 aromatic rings. The highest BCUT2D eigenvalue weighted by molar-refractivity contribution is 7.26. The molecule has 0 unspecified atom stereocenters. The van der Waals surface area contributed by atoms with Crippen molar-refractivity contribution in [2.45, 2.75) is 32.9 Å². The van der Waals surface area contributed by atoms with Crippen LogP contribution in [0.5, 0.6) is 0 Å². The van der Waals surface area contributed by atoms with Crippen molar-refractivity contribution in [2.24, 2.45) is 0 Å². The molecule has 0 spiro atoms. The first-order valence-electron chi connectivity index (χ1n) is 9.43. The Morgan fingerprint density at radius 2 is 1.93 bits per heavy atom. The minimum atomic E-state index is -0.338. The first-order chi connectivity index (χ1) is 14.0. The van der Waals surface area contributed by atoms with Gasteiger partial charge >= 0.3 is 0 Å². The molecule has 0 aliphatic carbocycles.